The van der Waals surface area contributed by atoms with Gasteiger partial charge in [0.15, 0.2) is 0 Å². The molecule has 4 N–H and O–H groups in total. The van der Waals surface area contributed by atoms with Crippen LogP contribution in [-0.2, 0) is 4.79 Å². The van der Waals surface area contributed by atoms with Crippen LogP contribution in [0.2, 0.25) is 0 Å². The van der Waals surface area contributed by atoms with Crippen LogP contribution >= 0.6 is 0 Å². The standard InChI is InChI=1S/C10H20O2.CH6N2/c1-2-3-4-5-6-7-8-9-10(11)12;1-3-2/h2-9H2,1H3,(H,11,12);3H,2H2,1H3. The third kappa shape index (κ3) is 24.7. The summed E-state index contributed by atoms with van der Waals surface area (Å²) in [4.78, 5) is 10.1. The van der Waals surface area contributed by atoms with E-state index in [-0.39, 0.29) is 0 Å². The average molecular weight is 218 g/mol. The quantitative estimate of drug-likeness (QED) is 0.332. The zero-order valence-electron chi connectivity index (χ0n) is 10.1. The van der Waals surface area contributed by atoms with Gasteiger partial charge in [-0.15, -0.1) is 0 Å². The van der Waals surface area contributed by atoms with Gasteiger partial charge in [0.05, 0.1) is 0 Å². The third-order valence-corrected chi connectivity index (χ3v) is 1.99. The Kier molecular flexibility index (Phi) is 17.8. The molecule has 0 aliphatic rings. The number of aliphatic carboxylic acids is 1. The molecule has 0 aromatic heterocycles. The zero-order chi connectivity index (χ0) is 11.9. The molecule has 0 heterocycles. The topological polar surface area (TPSA) is 75.3 Å². The maximum Gasteiger partial charge on any atom is 0.303 e. The SMILES string of the molecule is CCCCCCCCCC(=O)O.CNN. The van der Waals surface area contributed by atoms with Gasteiger partial charge in [0.2, 0.25) is 0 Å². The van der Waals surface area contributed by atoms with Crippen LogP contribution in [0.25, 0.3) is 0 Å². The lowest BCUT2D eigenvalue weighted by molar-refractivity contribution is -0.137. The molecule has 0 aliphatic heterocycles. The highest BCUT2D eigenvalue weighted by molar-refractivity contribution is 5.66. The summed E-state index contributed by atoms with van der Waals surface area (Å²) in [6, 6.07) is 0. The van der Waals surface area contributed by atoms with Crippen LogP contribution in [0.15, 0.2) is 0 Å². The van der Waals surface area contributed by atoms with E-state index in [9.17, 15) is 4.79 Å². The lowest BCUT2D eigenvalue weighted by Gasteiger charge is -1.98. The van der Waals surface area contributed by atoms with E-state index in [0.717, 1.165) is 12.8 Å². The van der Waals surface area contributed by atoms with Crippen LogP contribution in [-0.4, -0.2) is 18.1 Å². The molecule has 0 aromatic carbocycles. The lowest BCUT2D eigenvalue weighted by atomic mass is 10.1. The first-order chi connectivity index (χ1) is 7.18. The van der Waals surface area contributed by atoms with Gasteiger partial charge in [0, 0.05) is 6.42 Å². The van der Waals surface area contributed by atoms with Gasteiger partial charge in [0.25, 0.3) is 0 Å². The van der Waals surface area contributed by atoms with Gasteiger partial charge in [-0.05, 0) is 13.5 Å². The fourth-order valence-electron chi connectivity index (χ4n) is 1.23. The molecular weight excluding hydrogens is 192 g/mol. The van der Waals surface area contributed by atoms with Crippen molar-refractivity contribution < 1.29 is 9.90 Å². The highest BCUT2D eigenvalue weighted by Gasteiger charge is 1.95. The van der Waals surface area contributed by atoms with E-state index in [1.807, 2.05) is 0 Å². The minimum absolute atomic E-state index is 0.341. The van der Waals surface area contributed by atoms with E-state index in [1.165, 1.54) is 32.1 Å². The van der Waals surface area contributed by atoms with Crippen LogP contribution in [0.3, 0.4) is 0 Å². The lowest BCUT2D eigenvalue weighted by Crippen LogP contribution is -2.13. The van der Waals surface area contributed by atoms with E-state index in [0.29, 0.717) is 6.42 Å². The number of unbranched alkanes of at least 4 members (excludes halogenated alkanes) is 6. The summed E-state index contributed by atoms with van der Waals surface area (Å²) in [6.45, 7) is 2.20. The zero-order valence-corrected chi connectivity index (χ0v) is 10.1. The number of hydrogen-bond acceptors (Lipinski definition) is 3. The van der Waals surface area contributed by atoms with Crippen molar-refractivity contribution in [1.29, 1.82) is 0 Å². The number of rotatable bonds is 8. The highest BCUT2D eigenvalue weighted by atomic mass is 16.4. The van der Waals surface area contributed by atoms with Gasteiger partial charge in [-0.25, -0.2) is 0 Å². The first-order valence-electron chi connectivity index (χ1n) is 5.78. The maximum atomic E-state index is 10.1. The van der Waals surface area contributed by atoms with Crippen LogP contribution < -0.4 is 11.3 Å². The Bertz CT molecular complexity index is 130. The van der Waals surface area contributed by atoms with Crippen molar-refractivity contribution in [3.8, 4) is 0 Å². The first kappa shape index (κ1) is 16.8. The smallest absolute Gasteiger partial charge is 0.303 e. The van der Waals surface area contributed by atoms with E-state index in [2.05, 4.69) is 18.2 Å². The first-order valence-corrected chi connectivity index (χ1v) is 5.78. The molecule has 0 saturated carbocycles. The highest BCUT2D eigenvalue weighted by Crippen LogP contribution is 2.07. The van der Waals surface area contributed by atoms with Crippen molar-refractivity contribution >= 4 is 5.97 Å². The second-order valence-electron chi connectivity index (χ2n) is 3.55. The minimum atomic E-state index is -0.663. The summed E-state index contributed by atoms with van der Waals surface area (Å²) in [7, 11) is 1.65. The summed E-state index contributed by atoms with van der Waals surface area (Å²) in [5.74, 6) is 3.93. The molecular formula is C11H26N2O2. The summed E-state index contributed by atoms with van der Waals surface area (Å²) in [6.07, 6.45) is 8.64. The molecule has 0 amide bonds. The number of nitrogens with two attached hydrogens (primary N) is 1. The molecule has 92 valence electrons. The van der Waals surface area contributed by atoms with Crippen molar-refractivity contribution in [3.05, 3.63) is 0 Å². The predicted molar refractivity (Wildman–Crippen MR) is 63.5 cm³/mol. The van der Waals surface area contributed by atoms with Crippen molar-refractivity contribution in [2.45, 2.75) is 58.3 Å². The second-order valence-corrected chi connectivity index (χ2v) is 3.55. The number of carboxylic acids is 1. The van der Waals surface area contributed by atoms with Gasteiger partial charge < -0.3 is 5.11 Å². The number of carbonyl (C=O) groups is 1. The molecule has 0 bridgehead atoms. The molecule has 0 spiro atoms. The number of hydrazine groups is 1. The van der Waals surface area contributed by atoms with Gasteiger partial charge in [-0.2, -0.15) is 0 Å². The number of nitrogens with one attached hydrogen (secondary N) is 1. The Morgan fingerprint density at radius 3 is 1.93 bits per heavy atom. The van der Waals surface area contributed by atoms with Gasteiger partial charge >= 0.3 is 5.97 Å². The van der Waals surface area contributed by atoms with Crippen molar-refractivity contribution in [3.63, 3.8) is 0 Å². The van der Waals surface area contributed by atoms with E-state index < -0.39 is 5.97 Å². The number of hydrogen-bond donors (Lipinski definition) is 3. The van der Waals surface area contributed by atoms with Crippen molar-refractivity contribution in [2.75, 3.05) is 7.05 Å². The molecule has 15 heavy (non-hydrogen) atoms. The van der Waals surface area contributed by atoms with Crippen LogP contribution in [0.1, 0.15) is 58.3 Å². The third-order valence-electron chi connectivity index (χ3n) is 1.99. The fourth-order valence-corrected chi connectivity index (χ4v) is 1.23. The second kappa shape index (κ2) is 15.8. The van der Waals surface area contributed by atoms with Crippen molar-refractivity contribution in [2.24, 2.45) is 5.84 Å². The molecule has 0 rings (SSSR count). The summed E-state index contributed by atoms with van der Waals surface area (Å²) in [5, 5.41) is 8.35. The fraction of sp³-hybridized carbons (Fsp3) is 0.909. The normalized spacial score (nSPS) is 9.27. The predicted octanol–water partition coefficient (Wildman–Crippen LogP) is 2.29. The van der Waals surface area contributed by atoms with Gasteiger partial charge in [-0.1, -0.05) is 45.4 Å². The van der Waals surface area contributed by atoms with E-state index in [4.69, 9.17) is 5.11 Å². The Labute approximate surface area is 93.2 Å². The van der Waals surface area contributed by atoms with E-state index >= 15 is 0 Å². The average Bonchev–Trinajstić information content (AvgIpc) is 2.17. The minimum Gasteiger partial charge on any atom is -0.481 e. The summed E-state index contributed by atoms with van der Waals surface area (Å²) in [5.41, 5.74) is 2.25. The molecule has 0 atom stereocenters. The maximum absolute atomic E-state index is 10.1. The molecule has 0 unspecified atom stereocenters. The van der Waals surface area contributed by atoms with Crippen molar-refractivity contribution in [1.82, 2.24) is 5.43 Å². The monoisotopic (exact) mass is 218 g/mol. The van der Waals surface area contributed by atoms with Gasteiger partial charge in [-0.3, -0.25) is 16.1 Å². The van der Waals surface area contributed by atoms with Crippen LogP contribution in [0.4, 0.5) is 0 Å². The Morgan fingerprint density at radius 2 is 1.53 bits per heavy atom. The molecule has 0 radical (unpaired) electrons. The molecule has 0 fully saturated rings. The molecule has 4 heteroatoms. The molecule has 4 nitrogen and oxygen atoms in total. The summed E-state index contributed by atoms with van der Waals surface area (Å²) >= 11 is 0. The largest absolute Gasteiger partial charge is 0.481 e. The molecule has 0 aromatic rings. The Morgan fingerprint density at radius 1 is 1.13 bits per heavy atom. The summed E-state index contributed by atoms with van der Waals surface area (Å²) < 4.78 is 0. The Hall–Kier alpha value is -0.610. The molecule has 0 aliphatic carbocycles. The molecule has 0 saturated heterocycles. The van der Waals surface area contributed by atoms with Crippen LogP contribution in [0, 0.1) is 0 Å². The van der Waals surface area contributed by atoms with Gasteiger partial charge in [0.1, 0.15) is 0 Å². The Balaban J connectivity index is 0. The van der Waals surface area contributed by atoms with E-state index in [1.54, 1.807) is 7.05 Å². The van der Waals surface area contributed by atoms with Crippen LogP contribution in [0.5, 0.6) is 0 Å². The number of carboxylic acid groups (broad SMARTS) is 1.